The highest BCUT2D eigenvalue weighted by Crippen LogP contribution is 2.20. The smallest absolute Gasteiger partial charge is 0.254 e. The molecule has 3 aromatic rings. The van der Waals surface area contributed by atoms with E-state index in [0.717, 1.165) is 19.6 Å². The van der Waals surface area contributed by atoms with Gasteiger partial charge in [0.05, 0.1) is 6.54 Å². The molecule has 1 aliphatic heterocycles. The van der Waals surface area contributed by atoms with Crippen LogP contribution in [0.15, 0.2) is 72.8 Å². The van der Waals surface area contributed by atoms with Crippen LogP contribution in [0.25, 0.3) is 10.8 Å². The van der Waals surface area contributed by atoms with E-state index in [1.165, 1.54) is 21.2 Å². The number of carbonyl (C=O) groups is 2. The van der Waals surface area contributed by atoms with Gasteiger partial charge in [-0.2, -0.15) is 0 Å². The van der Waals surface area contributed by atoms with Crippen LogP contribution in [0, 0.1) is 0 Å². The lowest BCUT2D eigenvalue weighted by molar-refractivity contribution is -0.133. The van der Waals surface area contributed by atoms with E-state index in [1.54, 1.807) is 19.2 Å². The predicted octanol–water partition coefficient (Wildman–Crippen LogP) is 3.26. The van der Waals surface area contributed by atoms with E-state index in [1.807, 2.05) is 23.1 Å². The van der Waals surface area contributed by atoms with Crippen LogP contribution in [0.1, 0.15) is 15.9 Å². The first-order valence-electron chi connectivity index (χ1n) is 10.4. The summed E-state index contributed by atoms with van der Waals surface area (Å²) in [4.78, 5) is 30.9. The molecule has 0 atom stereocenters. The Hall–Kier alpha value is -3.18. The van der Waals surface area contributed by atoms with Crippen molar-refractivity contribution in [3.05, 3.63) is 83.9 Å². The van der Waals surface area contributed by atoms with Gasteiger partial charge in [0.1, 0.15) is 0 Å². The fraction of sp³-hybridized carbons (Fsp3) is 0.280. The number of hydrogen-bond donors (Lipinski definition) is 0. The lowest BCUT2D eigenvalue weighted by atomic mass is 10.0. The number of hydrogen-bond acceptors (Lipinski definition) is 3. The number of rotatable bonds is 5. The van der Waals surface area contributed by atoms with Crippen molar-refractivity contribution >= 4 is 22.6 Å². The van der Waals surface area contributed by atoms with E-state index in [2.05, 4.69) is 47.4 Å². The zero-order valence-electron chi connectivity index (χ0n) is 17.3. The second-order valence-electron chi connectivity index (χ2n) is 7.82. The molecule has 5 heteroatoms. The van der Waals surface area contributed by atoms with Gasteiger partial charge in [-0.3, -0.25) is 14.5 Å². The minimum Gasteiger partial charge on any atom is -0.339 e. The molecule has 0 spiro atoms. The van der Waals surface area contributed by atoms with Crippen molar-refractivity contribution in [2.24, 2.45) is 0 Å². The summed E-state index contributed by atoms with van der Waals surface area (Å²) >= 11 is 0. The van der Waals surface area contributed by atoms with Crippen LogP contribution in [-0.4, -0.2) is 66.3 Å². The average Bonchev–Trinajstić information content (AvgIpc) is 2.80. The summed E-state index contributed by atoms with van der Waals surface area (Å²) < 4.78 is 0. The highest BCUT2D eigenvalue weighted by Gasteiger charge is 2.23. The Labute approximate surface area is 177 Å². The summed E-state index contributed by atoms with van der Waals surface area (Å²) in [5.74, 6) is -0.120. The van der Waals surface area contributed by atoms with E-state index in [0.29, 0.717) is 18.7 Å². The van der Waals surface area contributed by atoms with E-state index in [4.69, 9.17) is 0 Å². The topological polar surface area (TPSA) is 43.9 Å². The first kappa shape index (κ1) is 20.1. The molecular weight excluding hydrogens is 374 g/mol. The van der Waals surface area contributed by atoms with Crippen LogP contribution in [0.3, 0.4) is 0 Å². The van der Waals surface area contributed by atoms with Crippen LogP contribution in [0.5, 0.6) is 0 Å². The molecule has 0 saturated carbocycles. The molecule has 0 aliphatic carbocycles. The Morgan fingerprint density at radius 1 is 0.833 bits per heavy atom. The Kier molecular flexibility index (Phi) is 6.10. The normalized spacial score (nSPS) is 14.6. The first-order valence-corrected chi connectivity index (χ1v) is 10.4. The Balaban J connectivity index is 1.31. The quantitative estimate of drug-likeness (QED) is 0.659. The van der Waals surface area contributed by atoms with Crippen molar-refractivity contribution < 1.29 is 9.59 Å². The van der Waals surface area contributed by atoms with Crippen LogP contribution in [-0.2, 0) is 11.3 Å². The summed E-state index contributed by atoms with van der Waals surface area (Å²) in [6, 6.07) is 24.0. The van der Waals surface area contributed by atoms with E-state index < -0.39 is 0 Å². The van der Waals surface area contributed by atoms with Gasteiger partial charge in [0.25, 0.3) is 5.91 Å². The summed E-state index contributed by atoms with van der Waals surface area (Å²) in [5, 5.41) is 2.55. The maximum Gasteiger partial charge on any atom is 0.254 e. The van der Waals surface area contributed by atoms with E-state index in [-0.39, 0.29) is 18.4 Å². The van der Waals surface area contributed by atoms with Crippen molar-refractivity contribution in [2.45, 2.75) is 6.54 Å². The van der Waals surface area contributed by atoms with E-state index >= 15 is 0 Å². The summed E-state index contributed by atoms with van der Waals surface area (Å²) in [6.07, 6.45) is 0. The van der Waals surface area contributed by atoms with Gasteiger partial charge in [-0.25, -0.2) is 0 Å². The summed E-state index contributed by atoms with van der Waals surface area (Å²) in [5.41, 5.74) is 1.92. The standard InChI is InChI=1S/C25H27N3O2/c1-26(25(30)21-9-3-2-4-10-21)19-24(29)28-16-14-27(15-17-28)18-22-12-7-11-20-8-5-6-13-23(20)22/h2-13H,14-19H2,1H3. The van der Waals surface area contributed by atoms with Crippen LogP contribution in [0.4, 0.5) is 0 Å². The molecule has 5 nitrogen and oxygen atoms in total. The monoisotopic (exact) mass is 401 g/mol. The molecule has 0 unspecified atom stereocenters. The van der Waals surface area contributed by atoms with E-state index in [9.17, 15) is 9.59 Å². The summed E-state index contributed by atoms with van der Waals surface area (Å²) in [7, 11) is 1.68. The maximum absolute atomic E-state index is 12.7. The van der Waals surface area contributed by atoms with Gasteiger partial charge in [-0.15, -0.1) is 0 Å². The van der Waals surface area contributed by atoms with Crippen molar-refractivity contribution in [3.63, 3.8) is 0 Å². The molecule has 1 aliphatic rings. The average molecular weight is 402 g/mol. The van der Waals surface area contributed by atoms with Crippen molar-refractivity contribution in [3.8, 4) is 0 Å². The number of piperazine rings is 1. The van der Waals surface area contributed by atoms with Gasteiger partial charge in [0, 0.05) is 45.3 Å². The molecule has 30 heavy (non-hydrogen) atoms. The first-order chi connectivity index (χ1) is 14.6. The lowest BCUT2D eigenvalue weighted by Crippen LogP contribution is -2.51. The molecule has 0 aromatic heterocycles. The van der Waals surface area contributed by atoms with Gasteiger partial charge in [-0.1, -0.05) is 60.7 Å². The highest BCUT2D eigenvalue weighted by atomic mass is 16.2. The molecule has 1 fully saturated rings. The van der Waals surface area contributed by atoms with Gasteiger partial charge in [0.2, 0.25) is 5.91 Å². The summed E-state index contributed by atoms with van der Waals surface area (Å²) in [6.45, 7) is 4.05. The number of likely N-dealkylation sites (N-methyl/N-ethyl adjacent to an activating group) is 1. The van der Waals surface area contributed by atoms with Crippen molar-refractivity contribution in [2.75, 3.05) is 39.8 Å². The zero-order chi connectivity index (χ0) is 20.9. The number of amides is 2. The number of nitrogens with zero attached hydrogens (tertiary/aromatic N) is 3. The molecule has 1 heterocycles. The molecule has 0 bridgehead atoms. The minimum absolute atomic E-state index is 0.00610. The molecule has 1 saturated heterocycles. The Bertz CT molecular complexity index is 1020. The van der Waals surface area contributed by atoms with Crippen LogP contribution >= 0.6 is 0 Å². The maximum atomic E-state index is 12.7. The second kappa shape index (κ2) is 9.09. The number of fused-ring (bicyclic) bond motifs is 1. The molecule has 3 aromatic carbocycles. The molecule has 4 rings (SSSR count). The lowest BCUT2D eigenvalue weighted by Gasteiger charge is -2.35. The van der Waals surface area contributed by atoms with Crippen molar-refractivity contribution in [1.29, 1.82) is 0 Å². The fourth-order valence-electron chi connectivity index (χ4n) is 4.00. The Morgan fingerprint density at radius 2 is 1.50 bits per heavy atom. The number of carbonyl (C=O) groups excluding carboxylic acids is 2. The number of benzene rings is 3. The van der Waals surface area contributed by atoms with Gasteiger partial charge in [0.15, 0.2) is 0 Å². The van der Waals surface area contributed by atoms with Crippen LogP contribution in [0.2, 0.25) is 0 Å². The second-order valence-corrected chi connectivity index (χ2v) is 7.82. The molecule has 0 N–H and O–H groups in total. The van der Waals surface area contributed by atoms with Crippen LogP contribution < -0.4 is 0 Å². The molecule has 2 amide bonds. The van der Waals surface area contributed by atoms with Gasteiger partial charge >= 0.3 is 0 Å². The SMILES string of the molecule is CN(CC(=O)N1CCN(Cc2cccc3ccccc23)CC1)C(=O)c1ccccc1. The third kappa shape index (κ3) is 4.52. The molecule has 0 radical (unpaired) electrons. The van der Waals surface area contributed by atoms with Crippen molar-refractivity contribution in [1.82, 2.24) is 14.7 Å². The van der Waals surface area contributed by atoms with Gasteiger partial charge < -0.3 is 9.80 Å². The minimum atomic E-state index is -0.126. The zero-order valence-corrected chi connectivity index (χ0v) is 17.3. The Morgan fingerprint density at radius 3 is 2.27 bits per heavy atom. The predicted molar refractivity (Wildman–Crippen MR) is 119 cm³/mol. The third-order valence-corrected chi connectivity index (χ3v) is 5.74. The highest BCUT2D eigenvalue weighted by molar-refractivity contribution is 5.96. The third-order valence-electron chi connectivity index (χ3n) is 5.74. The molecule has 154 valence electrons. The fourth-order valence-corrected chi connectivity index (χ4v) is 4.00. The van der Waals surface area contributed by atoms with Gasteiger partial charge in [-0.05, 0) is 28.5 Å². The largest absolute Gasteiger partial charge is 0.339 e. The molecular formula is C25H27N3O2.